The lowest BCUT2D eigenvalue weighted by atomic mass is 10.0. The third-order valence-electron chi connectivity index (χ3n) is 3.70. The van der Waals surface area contributed by atoms with Crippen molar-refractivity contribution in [3.05, 3.63) is 28.8 Å². The van der Waals surface area contributed by atoms with E-state index in [1.54, 1.807) is 0 Å². The van der Waals surface area contributed by atoms with Gasteiger partial charge in [0.25, 0.3) is 0 Å². The second-order valence-corrected chi connectivity index (χ2v) is 7.34. The molecule has 24 heavy (non-hydrogen) atoms. The van der Waals surface area contributed by atoms with Crippen LogP contribution in [0.3, 0.4) is 0 Å². The molecular formula is C18H25NO4S. The average molecular weight is 351 g/mol. The van der Waals surface area contributed by atoms with Crippen LogP contribution in [-0.2, 0) is 14.4 Å². The number of aryl methyl sites for hydroxylation is 2. The van der Waals surface area contributed by atoms with Crippen LogP contribution in [0.4, 0.5) is 5.69 Å². The number of amides is 1. The zero-order chi connectivity index (χ0) is 18.4. The van der Waals surface area contributed by atoms with E-state index >= 15 is 0 Å². The summed E-state index contributed by atoms with van der Waals surface area (Å²) in [6.07, 6.45) is 0.402. The third-order valence-corrected chi connectivity index (χ3v) is 4.58. The minimum Gasteiger partial charge on any atom is -0.480 e. The van der Waals surface area contributed by atoms with E-state index in [-0.39, 0.29) is 22.7 Å². The highest BCUT2D eigenvalue weighted by atomic mass is 32.2. The molecular weight excluding hydrogens is 326 g/mol. The van der Waals surface area contributed by atoms with Gasteiger partial charge in [-0.1, -0.05) is 37.7 Å². The molecule has 0 saturated carbocycles. The Morgan fingerprint density at radius 2 is 1.71 bits per heavy atom. The van der Waals surface area contributed by atoms with Crippen LogP contribution in [0.25, 0.3) is 0 Å². The molecule has 132 valence electrons. The summed E-state index contributed by atoms with van der Waals surface area (Å²) >= 11 is 0.956. The maximum Gasteiger partial charge on any atom is 0.323 e. The number of aliphatic carboxylic acids is 1. The Bertz CT molecular complexity index is 640. The lowest BCUT2D eigenvalue weighted by Crippen LogP contribution is -2.38. The fraction of sp³-hybridized carbons (Fsp3) is 0.500. The minimum absolute atomic E-state index is 0.0497. The van der Waals surface area contributed by atoms with Gasteiger partial charge < -0.3 is 5.11 Å². The molecule has 0 aromatic heterocycles. The van der Waals surface area contributed by atoms with Gasteiger partial charge >= 0.3 is 5.97 Å². The van der Waals surface area contributed by atoms with E-state index in [9.17, 15) is 19.5 Å². The lowest BCUT2D eigenvalue weighted by Gasteiger charge is -2.25. The van der Waals surface area contributed by atoms with Crippen LogP contribution in [-0.4, -0.2) is 34.4 Å². The highest BCUT2D eigenvalue weighted by Crippen LogP contribution is 2.28. The number of carboxylic acid groups (broad SMARTS) is 1. The molecule has 1 N–H and O–H groups in total. The molecule has 0 heterocycles. The Hall–Kier alpha value is -1.82. The van der Waals surface area contributed by atoms with Gasteiger partial charge in [0.2, 0.25) is 5.91 Å². The largest absolute Gasteiger partial charge is 0.480 e. The quantitative estimate of drug-likeness (QED) is 0.815. The standard InChI is InChI=1S/C18H25NO4S/c1-11(2)8-17(23)24-10-15(20)19(9-16(21)22)18-13(4)7-6-12(3)14(18)5/h6-7,11H,8-10H2,1-5H3,(H,21,22). The number of carboxylic acids is 1. The van der Waals surface area contributed by atoms with E-state index in [0.717, 1.165) is 28.5 Å². The number of carbonyl (C=O) groups is 3. The van der Waals surface area contributed by atoms with Gasteiger partial charge in [-0.2, -0.15) is 0 Å². The van der Waals surface area contributed by atoms with Crippen molar-refractivity contribution in [1.29, 1.82) is 0 Å². The first-order valence-electron chi connectivity index (χ1n) is 7.88. The summed E-state index contributed by atoms with van der Waals surface area (Å²) in [7, 11) is 0. The van der Waals surface area contributed by atoms with E-state index in [0.29, 0.717) is 12.1 Å². The average Bonchev–Trinajstić information content (AvgIpc) is 2.47. The molecule has 0 radical (unpaired) electrons. The van der Waals surface area contributed by atoms with Crippen molar-refractivity contribution in [2.45, 2.75) is 41.0 Å². The van der Waals surface area contributed by atoms with Crippen molar-refractivity contribution < 1.29 is 19.5 Å². The predicted molar refractivity (Wildman–Crippen MR) is 97.6 cm³/mol. The van der Waals surface area contributed by atoms with Crippen LogP contribution in [0.15, 0.2) is 12.1 Å². The molecule has 1 aromatic rings. The highest BCUT2D eigenvalue weighted by molar-refractivity contribution is 8.14. The van der Waals surface area contributed by atoms with Gasteiger partial charge in [0.1, 0.15) is 6.54 Å². The predicted octanol–water partition coefficient (Wildman–Crippen LogP) is 3.34. The summed E-state index contributed by atoms with van der Waals surface area (Å²) in [6.45, 7) is 9.11. The normalized spacial score (nSPS) is 10.8. The summed E-state index contributed by atoms with van der Waals surface area (Å²) in [6, 6.07) is 3.81. The molecule has 0 aliphatic heterocycles. The molecule has 0 spiro atoms. The summed E-state index contributed by atoms with van der Waals surface area (Å²) < 4.78 is 0. The number of carbonyl (C=O) groups excluding carboxylic acids is 2. The van der Waals surface area contributed by atoms with Gasteiger partial charge in [0, 0.05) is 6.42 Å². The Morgan fingerprint density at radius 3 is 2.25 bits per heavy atom. The van der Waals surface area contributed by atoms with Crippen LogP contribution < -0.4 is 4.90 Å². The molecule has 0 aliphatic rings. The van der Waals surface area contributed by atoms with E-state index < -0.39 is 12.5 Å². The van der Waals surface area contributed by atoms with Crippen molar-refractivity contribution in [2.75, 3.05) is 17.2 Å². The van der Waals surface area contributed by atoms with Gasteiger partial charge in [0.15, 0.2) is 5.12 Å². The van der Waals surface area contributed by atoms with Crippen molar-refractivity contribution in [2.24, 2.45) is 5.92 Å². The van der Waals surface area contributed by atoms with Crippen LogP contribution in [0, 0.1) is 26.7 Å². The molecule has 0 bridgehead atoms. The van der Waals surface area contributed by atoms with Crippen LogP contribution >= 0.6 is 11.8 Å². The number of anilines is 1. The second kappa shape index (κ2) is 8.87. The SMILES string of the molecule is Cc1ccc(C)c(N(CC(=O)O)C(=O)CSC(=O)CC(C)C)c1C. The van der Waals surface area contributed by atoms with Gasteiger partial charge in [-0.25, -0.2) is 0 Å². The number of rotatable bonds is 7. The number of thioether (sulfide) groups is 1. The maximum atomic E-state index is 12.6. The number of hydrogen-bond acceptors (Lipinski definition) is 4. The Kier molecular flexibility index (Phi) is 7.48. The van der Waals surface area contributed by atoms with Gasteiger partial charge in [-0.15, -0.1) is 0 Å². The van der Waals surface area contributed by atoms with E-state index in [2.05, 4.69) is 0 Å². The molecule has 6 heteroatoms. The Balaban J connectivity index is 3.02. The lowest BCUT2D eigenvalue weighted by molar-refractivity contribution is -0.136. The van der Waals surface area contributed by atoms with Crippen LogP contribution in [0.5, 0.6) is 0 Å². The van der Waals surface area contributed by atoms with Crippen molar-refractivity contribution in [3.63, 3.8) is 0 Å². The monoisotopic (exact) mass is 351 g/mol. The third kappa shape index (κ3) is 5.67. The van der Waals surface area contributed by atoms with Crippen molar-refractivity contribution in [3.8, 4) is 0 Å². The topological polar surface area (TPSA) is 74.7 Å². The maximum absolute atomic E-state index is 12.6. The second-order valence-electron chi connectivity index (χ2n) is 6.31. The number of hydrogen-bond donors (Lipinski definition) is 1. The summed E-state index contributed by atoms with van der Waals surface area (Å²) in [4.78, 5) is 36.9. The number of nitrogens with zero attached hydrogens (tertiary/aromatic N) is 1. The smallest absolute Gasteiger partial charge is 0.323 e. The Morgan fingerprint density at radius 1 is 1.12 bits per heavy atom. The fourth-order valence-electron chi connectivity index (χ4n) is 2.39. The fourth-order valence-corrected chi connectivity index (χ4v) is 3.28. The molecule has 0 unspecified atom stereocenters. The summed E-state index contributed by atoms with van der Waals surface area (Å²) in [5.41, 5.74) is 3.33. The first-order valence-corrected chi connectivity index (χ1v) is 8.86. The van der Waals surface area contributed by atoms with E-state index in [4.69, 9.17) is 0 Å². The molecule has 0 aliphatic carbocycles. The van der Waals surface area contributed by atoms with Gasteiger partial charge in [0.05, 0.1) is 11.4 Å². The van der Waals surface area contributed by atoms with E-state index in [1.165, 1.54) is 4.90 Å². The zero-order valence-electron chi connectivity index (χ0n) is 14.9. The molecule has 0 atom stereocenters. The molecule has 1 amide bonds. The molecule has 5 nitrogen and oxygen atoms in total. The summed E-state index contributed by atoms with van der Waals surface area (Å²) in [5.74, 6) is -1.26. The molecule has 1 rings (SSSR count). The first kappa shape index (κ1) is 20.2. The van der Waals surface area contributed by atoms with Gasteiger partial charge in [-0.05, 0) is 43.4 Å². The van der Waals surface area contributed by atoms with Crippen molar-refractivity contribution in [1.82, 2.24) is 0 Å². The molecule has 1 aromatic carbocycles. The number of benzene rings is 1. The summed E-state index contributed by atoms with van der Waals surface area (Å²) in [5, 5.41) is 9.12. The zero-order valence-corrected chi connectivity index (χ0v) is 15.7. The van der Waals surface area contributed by atoms with E-state index in [1.807, 2.05) is 46.8 Å². The molecule has 0 saturated heterocycles. The minimum atomic E-state index is -1.08. The molecule has 0 fully saturated rings. The highest BCUT2D eigenvalue weighted by Gasteiger charge is 2.23. The first-order chi connectivity index (χ1) is 11.1. The Labute approximate surface area is 147 Å². The van der Waals surface area contributed by atoms with Crippen LogP contribution in [0.2, 0.25) is 0 Å². The van der Waals surface area contributed by atoms with Crippen LogP contribution in [0.1, 0.15) is 37.0 Å². The van der Waals surface area contributed by atoms with Gasteiger partial charge in [-0.3, -0.25) is 19.3 Å². The van der Waals surface area contributed by atoms with Crippen molar-refractivity contribution >= 4 is 34.4 Å².